The fraction of sp³-hybridized carbons (Fsp3) is 0.500. The van der Waals surface area contributed by atoms with Crippen LogP contribution in [0.25, 0.3) is 0 Å². The number of amides is 2. The Morgan fingerprint density at radius 2 is 1.72 bits per heavy atom. The highest BCUT2D eigenvalue weighted by atomic mass is 16.4. The highest BCUT2D eigenvalue weighted by Gasteiger charge is 2.46. The molecule has 1 saturated heterocycles. The molecule has 0 aromatic rings. The van der Waals surface area contributed by atoms with E-state index >= 15 is 0 Å². The maximum absolute atomic E-state index is 11.4. The lowest BCUT2D eigenvalue weighted by atomic mass is 9.84. The minimum Gasteiger partial charge on any atom is -0.464 e. The van der Waals surface area contributed by atoms with Crippen molar-refractivity contribution < 1.29 is 19.8 Å². The van der Waals surface area contributed by atoms with Gasteiger partial charge in [0, 0.05) is 6.54 Å². The number of hydrogen-bond acceptors (Lipinski definition) is 2. The van der Waals surface area contributed by atoms with Crippen molar-refractivity contribution in [3.63, 3.8) is 0 Å². The van der Waals surface area contributed by atoms with E-state index in [0.29, 0.717) is 25.7 Å². The SMILES string of the molecule is C=CCC1(CC=C)CCCN(C(=O)O)N1C(=O)O. The molecule has 0 bridgehead atoms. The van der Waals surface area contributed by atoms with Gasteiger partial charge in [0.15, 0.2) is 0 Å². The molecule has 2 N–H and O–H groups in total. The van der Waals surface area contributed by atoms with E-state index in [9.17, 15) is 14.7 Å². The van der Waals surface area contributed by atoms with Crippen molar-refractivity contribution in [3.05, 3.63) is 25.3 Å². The smallest absolute Gasteiger partial charge is 0.427 e. The van der Waals surface area contributed by atoms with Gasteiger partial charge in [-0.05, 0) is 25.7 Å². The lowest BCUT2D eigenvalue weighted by Crippen LogP contribution is -2.63. The van der Waals surface area contributed by atoms with Crippen LogP contribution in [-0.2, 0) is 0 Å². The molecule has 0 saturated carbocycles. The molecule has 18 heavy (non-hydrogen) atoms. The first-order valence-electron chi connectivity index (χ1n) is 5.74. The molecule has 100 valence electrons. The lowest BCUT2D eigenvalue weighted by Gasteiger charge is -2.49. The van der Waals surface area contributed by atoms with Gasteiger partial charge in [0.05, 0.1) is 5.54 Å². The normalized spacial score (nSPS) is 18.2. The quantitative estimate of drug-likeness (QED) is 0.755. The summed E-state index contributed by atoms with van der Waals surface area (Å²) in [7, 11) is 0. The van der Waals surface area contributed by atoms with E-state index in [-0.39, 0.29) is 6.54 Å². The number of carboxylic acid groups (broad SMARTS) is 2. The van der Waals surface area contributed by atoms with Crippen LogP contribution in [0.4, 0.5) is 9.59 Å². The van der Waals surface area contributed by atoms with Gasteiger partial charge in [0.1, 0.15) is 0 Å². The summed E-state index contributed by atoms with van der Waals surface area (Å²) in [5.41, 5.74) is -0.786. The van der Waals surface area contributed by atoms with Gasteiger partial charge in [-0.2, -0.15) is 0 Å². The van der Waals surface area contributed by atoms with Crippen LogP contribution in [0.1, 0.15) is 25.7 Å². The Morgan fingerprint density at radius 1 is 1.17 bits per heavy atom. The van der Waals surface area contributed by atoms with Gasteiger partial charge >= 0.3 is 12.2 Å². The Kier molecular flexibility index (Phi) is 4.36. The summed E-state index contributed by atoms with van der Waals surface area (Å²) in [5.74, 6) is 0. The molecule has 0 aliphatic carbocycles. The Bertz CT molecular complexity index is 357. The number of hydrazine groups is 1. The van der Waals surface area contributed by atoms with E-state index in [0.717, 1.165) is 10.0 Å². The van der Waals surface area contributed by atoms with Crippen molar-refractivity contribution >= 4 is 12.2 Å². The largest absolute Gasteiger partial charge is 0.464 e. The maximum Gasteiger partial charge on any atom is 0.427 e. The van der Waals surface area contributed by atoms with E-state index in [1.54, 1.807) is 12.2 Å². The van der Waals surface area contributed by atoms with Crippen LogP contribution < -0.4 is 0 Å². The summed E-state index contributed by atoms with van der Waals surface area (Å²) in [6.45, 7) is 7.44. The van der Waals surface area contributed by atoms with Crippen LogP contribution in [0, 0.1) is 0 Å². The van der Waals surface area contributed by atoms with Crippen molar-refractivity contribution in [1.29, 1.82) is 0 Å². The van der Waals surface area contributed by atoms with E-state index in [4.69, 9.17) is 5.11 Å². The molecule has 1 aliphatic rings. The third kappa shape index (κ3) is 2.47. The van der Waals surface area contributed by atoms with Gasteiger partial charge in [0.2, 0.25) is 0 Å². The first-order valence-corrected chi connectivity index (χ1v) is 5.74. The molecule has 0 aromatic heterocycles. The predicted octanol–water partition coefficient (Wildman–Crippen LogP) is 2.55. The number of hydrogen-bond donors (Lipinski definition) is 2. The van der Waals surface area contributed by atoms with E-state index in [2.05, 4.69) is 13.2 Å². The van der Waals surface area contributed by atoms with E-state index < -0.39 is 17.7 Å². The molecule has 0 aromatic carbocycles. The summed E-state index contributed by atoms with van der Waals surface area (Å²) < 4.78 is 0. The Balaban J connectivity index is 3.18. The summed E-state index contributed by atoms with van der Waals surface area (Å²) in [6, 6.07) is 0. The second-order valence-electron chi connectivity index (χ2n) is 4.31. The van der Waals surface area contributed by atoms with Crippen molar-refractivity contribution in [2.45, 2.75) is 31.2 Å². The maximum atomic E-state index is 11.4. The van der Waals surface area contributed by atoms with Gasteiger partial charge in [-0.3, -0.25) is 0 Å². The summed E-state index contributed by atoms with van der Waals surface area (Å²) in [6.07, 6.45) is 2.73. The Labute approximate surface area is 106 Å². The van der Waals surface area contributed by atoms with Crippen LogP contribution in [0.15, 0.2) is 25.3 Å². The van der Waals surface area contributed by atoms with Crippen LogP contribution in [0.2, 0.25) is 0 Å². The first-order chi connectivity index (χ1) is 8.48. The second kappa shape index (κ2) is 5.57. The molecular formula is C12H18N2O4. The van der Waals surface area contributed by atoms with Gasteiger partial charge in [0.25, 0.3) is 0 Å². The molecule has 1 heterocycles. The molecule has 0 unspecified atom stereocenters. The molecule has 6 heteroatoms. The van der Waals surface area contributed by atoms with E-state index in [1.807, 2.05) is 0 Å². The molecular weight excluding hydrogens is 236 g/mol. The second-order valence-corrected chi connectivity index (χ2v) is 4.31. The van der Waals surface area contributed by atoms with Crippen LogP contribution in [-0.4, -0.2) is 44.5 Å². The zero-order chi connectivity index (χ0) is 13.8. The Hall–Kier alpha value is -1.98. The molecule has 6 nitrogen and oxygen atoms in total. The molecule has 0 spiro atoms. The van der Waals surface area contributed by atoms with Crippen molar-refractivity contribution in [1.82, 2.24) is 10.0 Å². The average molecular weight is 254 g/mol. The van der Waals surface area contributed by atoms with Crippen LogP contribution in [0.3, 0.4) is 0 Å². The summed E-state index contributed by atoms with van der Waals surface area (Å²) in [4.78, 5) is 22.5. The minimum absolute atomic E-state index is 0.192. The van der Waals surface area contributed by atoms with Crippen LogP contribution >= 0.6 is 0 Å². The standard InChI is InChI=1S/C12H18N2O4/c1-3-6-12(7-4-2)8-5-9-13(10(15)16)14(12)11(17)18/h3-4H,1-2,5-9H2,(H,15,16)(H,17,18). The van der Waals surface area contributed by atoms with Gasteiger partial charge in [-0.1, -0.05) is 12.2 Å². The molecule has 2 amide bonds. The first kappa shape index (κ1) is 14.1. The predicted molar refractivity (Wildman–Crippen MR) is 66.2 cm³/mol. The molecule has 1 aliphatic heterocycles. The number of rotatable bonds is 4. The third-order valence-electron chi connectivity index (χ3n) is 3.15. The summed E-state index contributed by atoms with van der Waals surface area (Å²) in [5, 5.41) is 20.2. The highest BCUT2D eigenvalue weighted by Crippen LogP contribution is 2.35. The zero-order valence-electron chi connectivity index (χ0n) is 10.2. The van der Waals surface area contributed by atoms with Crippen molar-refractivity contribution in [3.8, 4) is 0 Å². The van der Waals surface area contributed by atoms with Crippen molar-refractivity contribution in [2.75, 3.05) is 6.54 Å². The molecule has 1 fully saturated rings. The molecule has 1 rings (SSSR count). The van der Waals surface area contributed by atoms with Gasteiger partial charge in [-0.15, -0.1) is 13.2 Å². The van der Waals surface area contributed by atoms with Gasteiger partial charge < -0.3 is 10.2 Å². The Morgan fingerprint density at radius 3 is 2.11 bits per heavy atom. The van der Waals surface area contributed by atoms with Gasteiger partial charge in [-0.25, -0.2) is 19.6 Å². The fourth-order valence-corrected chi connectivity index (χ4v) is 2.50. The molecule has 0 radical (unpaired) electrons. The number of carbonyl (C=O) groups is 2. The van der Waals surface area contributed by atoms with E-state index in [1.165, 1.54) is 0 Å². The van der Waals surface area contributed by atoms with Crippen molar-refractivity contribution in [2.24, 2.45) is 0 Å². The monoisotopic (exact) mass is 254 g/mol. The lowest BCUT2D eigenvalue weighted by molar-refractivity contribution is -0.0948. The molecule has 0 atom stereocenters. The summed E-state index contributed by atoms with van der Waals surface area (Å²) >= 11 is 0. The highest BCUT2D eigenvalue weighted by molar-refractivity contribution is 5.73. The zero-order valence-corrected chi connectivity index (χ0v) is 10.2. The topological polar surface area (TPSA) is 81.1 Å². The third-order valence-corrected chi connectivity index (χ3v) is 3.15. The number of nitrogens with zero attached hydrogens (tertiary/aromatic N) is 2. The fourth-order valence-electron chi connectivity index (χ4n) is 2.50. The minimum atomic E-state index is -1.26. The van der Waals surface area contributed by atoms with Crippen LogP contribution in [0.5, 0.6) is 0 Å². The average Bonchev–Trinajstić information content (AvgIpc) is 2.28.